The van der Waals surface area contributed by atoms with Gasteiger partial charge < -0.3 is 4.90 Å². The first-order valence-corrected chi connectivity index (χ1v) is 11.6. The standard InChI is InChI=1S/C26H17Cl2N5O2/c1-15-24-25(17-6-12-20(28)22(14-17)33(34)35)31-21-5-3-2-4-16(21)7-13-23(31)29-26(24)32(30-15)19-10-8-18(27)9-11-19/h2-14,25H,1H3/t25-/m1/s1. The van der Waals surface area contributed by atoms with Crippen LogP contribution in [-0.2, 0) is 0 Å². The minimum absolute atomic E-state index is 0.0937. The van der Waals surface area contributed by atoms with Crippen LogP contribution in [0.5, 0.6) is 0 Å². The van der Waals surface area contributed by atoms with Gasteiger partial charge in [-0.2, -0.15) is 5.10 Å². The van der Waals surface area contributed by atoms with Crippen molar-refractivity contribution in [2.75, 3.05) is 4.90 Å². The number of para-hydroxylation sites is 1. The van der Waals surface area contributed by atoms with Crippen LogP contribution in [0, 0.1) is 17.0 Å². The predicted octanol–water partition coefficient (Wildman–Crippen LogP) is 7.06. The molecule has 0 spiro atoms. The van der Waals surface area contributed by atoms with Crippen LogP contribution in [0.2, 0.25) is 10.0 Å². The number of aliphatic imine (C=N–C) groups is 1. The van der Waals surface area contributed by atoms with Crippen molar-refractivity contribution in [2.24, 2.45) is 4.99 Å². The van der Waals surface area contributed by atoms with Crippen LogP contribution in [0.4, 0.5) is 17.2 Å². The minimum Gasteiger partial charge on any atom is -0.314 e. The molecular weight excluding hydrogens is 485 g/mol. The van der Waals surface area contributed by atoms with E-state index in [1.807, 2.05) is 61.5 Å². The highest BCUT2D eigenvalue weighted by atomic mass is 35.5. The number of fused-ring (bicyclic) bond motifs is 4. The normalized spacial score (nSPS) is 15.8. The fraction of sp³-hybridized carbons (Fsp3) is 0.0769. The molecule has 0 bridgehead atoms. The number of amidine groups is 1. The largest absolute Gasteiger partial charge is 0.314 e. The van der Waals surface area contributed by atoms with Crippen molar-refractivity contribution in [3.05, 3.63) is 115 Å². The quantitative estimate of drug-likeness (QED) is 0.222. The van der Waals surface area contributed by atoms with E-state index >= 15 is 0 Å². The molecule has 172 valence electrons. The Bertz CT molecular complexity index is 1570. The van der Waals surface area contributed by atoms with Crippen LogP contribution in [0.25, 0.3) is 11.8 Å². The van der Waals surface area contributed by atoms with Gasteiger partial charge in [-0.25, -0.2) is 9.67 Å². The maximum atomic E-state index is 11.7. The van der Waals surface area contributed by atoms with Gasteiger partial charge in [0.1, 0.15) is 10.9 Å². The number of hydrogen-bond acceptors (Lipinski definition) is 5. The summed E-state index contributed by atoms with van der Waals surface area (Å²) in [5.41, 5.74) is 5.03. The van der Waals surface area contributed by atoms with Gasteiger partial charge >= 0.3 is 0 Å². The topological polar surface area (TPSA) is 76.6 Å². The molecule has 9 heteroatoms. The van der Waals surface area contributed by atoms with Gasteiger partial charge in [-0.05, 0) is 66.6 Å². The molecule has 35 heavy (non-hydrogen) atoms. The molecule has 7 nitrogen and oxygen atoms in total. The van der Waals surface area contributed by atoms with Crippen molar-refractivity contribution in [3.63, 3.8) is 0 Å². The van der Waals surface area contributed by atoms with Crippen LogP contribution >= 0.6 is 23.2 Å². The maximum Gasteiger partial charge on any atom is 0.288 e. The maximum absolute atomic E-state index is 11.7. The predicted molar refractivity (Wildman–Crippen MR) is 138 cm³/mol. The molecule has 3 aromatic carbocycles. The summed E-state index contributed by atoms with van der Waals surface area (Å²) < 4.78 is 1.79. The first-order chi connectivity index (χ1) is 16.9. The number of aromatic nitrogens is 2. The molecule has 0 saturated heterocycles. The summed E-state index contributed by atoms with van der Waals surface area (Å²) in [6.45, 7) is 1.93. The fourth-order valence-electron chi connectivity index (χ4n) is 4.69. The summed E-state index contributed by atoms with van der Waals surface area (Å²) in [7, 11) is 0. The van der Waals surface area contributed by atoms with Crippen molar-refractivity contribution < 1.29 is 4.92 Å². The Balaban J connectivity index is 1.64. The SMILES string of the molecule is Cc1nn(-c2ccc(Cl)cc2)c2c1[C@@H](c1ccc(Cl)c([N+](=O)[O-])c1)N1C(=N2)C=Cc2ccccc21. The number of halogens is 2. The number of aryl methyl sites for hydroxylation is 1. The van der Waals surface area contributed by atoms with Gasteiger partial charge in [0.25, 0.3) is 5.69 Å². The second-order valence-electron chi connectivity index (χ2n) is 8.31. The molecule has 6 rings (SSSR count). The van der Waals surface area contributed by atoms with Crippen LogP contribution in [0.1, 0.15) is 28.4 Å². The molecular formula is C26H17Cl2N5O2. The van der Waals surface area contributed by atoms with Gasteiger partial charge in [0, 0.05) is 16.7 Å². The summed E-state index contributed by atoms with van der Waals surface area (Å²) >= 11 is 12.3. The molecule has 2 aliphatic heterocycles. The molecule has 0 amide bonds. The summed E-state index contributed by atoms with van der Waals surface area (Å²) in [6, 6.07) is 19.9. The lowest BCUT2D eigenvalue weighted by Gasteiger charge is -2.39. The Morgan fingerprint density at radius 2 is 1.77 bits per heavy atom. The lowest BCUT2D eigenvalue weighted by atomic mass is 9.92. The van der Waals surface area contributed by atoms with Crippen molar-refractivity contribution in [1.29, 1.82) is 0 Å². The lowest BCUT2D eigenvalue weighted by molar-refractivity contribution is -0.384. The number of nitro benzene ring substituents is 1. The van der Waals surface area contributed by atoms with Crippen LogP contribution in [0.3, 0.4) is 0 Å². The Morgan fingerprint density at radius 3 is 2.54 bits per heavy atom. The molecule has 1 atom stereocenters. The van der Waals surface area contributed by atoms with Gasteiger partial charge in [0.15, 0.2) is 5.82 Å². The molecule has 0 N–H and O–H groups in total. The molecule has 0 saturated carbocycles. The number of rotatable bonds is 3. The Hall–Kier alpha value is -3.94. The zero-order valence-corrected chi connectivity index (χ0v) is 19.9. The molecule has 1 aromatic heterocycles. The second-order valence-corrected chi connectivity index (χ2v) is 9.16. The van der Waals surface area contributed by atoms with Crippen LogP contribution in [0.15, 0.2) is 77.8 Å². The van der Waals surface area contributed by atoms with Gasteiger partial charge in [-0.1, -0.05) is 47.5 Å². The first kappa shape index (κ1) is 21.6. The molecule has 0 fully saturated rings. The van der Waals surface area contributed by atoms with Gasteiger partial charge in [-0.3, -0.25) is 10.1 Å². The minimum atomic E-state index is -0.460. The van der Waals surface area contributed by atoms with E-state index in [9.17, 15) is 10.1 Å². The average Bonchev–Trinajstić information content (AvgIpc) is 3.19. The number of nitro groups is 1. The highest BCUT2D eigenvalue weighted by Gasteiger charge is 2.38. The highest BCUT2D eigenvalue weighted by Crippen LogP contribution is 2.47. The zero-order valence-electron chi connectivity index (χ0n) is 18.4. The smallest absolute Gasteiger partial charge is 0.288 e. The third-order valence-electron chi connectivity index (χ3n) is 6.24. The molecule has 0 aliphatic carbocycles. The van der Waals surface area contributed by atoms with Gasteiger partial charge in [0.05, 0.1) is 28.0 Å². The van der Waals surface area contributed by atoms with E-state index in [1.165, 1.54) is 0 Å². The molecule has 3 heterocycles. The summed E-state index contributed by atoms with van der Waals surface area (Å²) in [5, 5.41) is 17.2. The fourth-order valence-corrected chi connectivity index (χ4v) is 5.00. The Morgan fingerprint density at radius 1 is 1.00 bits per heavy atom. The number of nitrogens with zero attached hydrogens (tertiary/aromatic N) is 5. The van der Waals surface area contributed by atoms with Crippen molar-refractivity contribution in [2.45, 2.75) is 13.0 Å². The molecule has 0 radical (unpaired) electrons. The third-order valence-corrected chi connectivity index (χ3v) is 6.81. The highest BCUT2D eigenvalue weighted by molar-refractivity contribution is 6.32. The molecule has 4 aromatic rings. The monoisotopic (exact) mass is 501 g/mol. The number of benzene rings is 3. The third kappa shape index (κ3) is 3.43. The van der Waals surface area contributed by atoms with E-state index in [0.717, 1.165) is 33.8 Å². The van der Waals surface area contributed by atoms with Crippen LogP contribution < -0.4 is 4.90 Å². The summed E-state index contributed by atoms with van der Waals surface area (Å²) in [4.78, 5) is 18.4. The van der Waals surface area contributed by atoms with Crippen LogP contribution in [-0.4, -0.2) is 20.5 Å². The summed E-state index contributed by atoms with van der Waals surface area (Å²) in [5.74, 6) is 1.39. The first-order valence-electron chi connectivity index (χ1n) is 10.9. The molecule has 2 aliphatic rings. The van der Waals surface area contributed by atoms with Gasteiger partial charge in [0.2, 0.25) is 0 Å². The van der Waals surface area contributed by atoms with Crippen molar-refractivity contribution >= 4 is 52.3 Å². The van der Waals surface area contributed by atoms with E-state index in [0.29, 0.717) is 16.7 Å². The van der Waals surface area contributed by atoms with E-state index in [2.05, 4.69) is 4.90 Å². The van der Waals surface area contributed by atoms with E-state index in [-0.39, 0.29) is 10.7 Å². The average molecular weight is 502 g/mol. The Labute approximate surface area is 210 Å². The number of anilines is 1. The summed E-state index contributed by atoms with van der Waals surface area (Å²) in [6.07, 6.45) is 3.98. The lowest BCUT2D eigenvalue weighted by Crippen LogP contribution is -2.38. The number of hydrogen-bond donors (Lipinski definition) is 0. The van der Waals surface area contributed by atoms with E-state index in [1.54, 1.807) is 28.9 Å². The van der Waals surface area contributed by atoms with Crippen molar-refractivity contribution in [3.8, 4) is 5.69 Å². The van der Waals surface area contributed by atoms with E-state index in [4.69, 9.17) is 33.3 Å². The zero-order chi connectivity index (χ0) is 24.3. The Kier molecular flexibility index (Phi) is 4.98. The molecule has 0 unspecified atom stereocenters. The van der Waals surface area contributed by atoms with Crippen molar-refractivity contribution in [1.82, 2.24) is 9.78 Å². The van der Waals surface area contributed by atoms with E-state index < -0.39 is 11.0 Å². The van der Waals surface area contributed by atoms with Gasteiger partial charge in [-0.15, -0.1) is 0 Å². The second kappa shape index (κ2) is 8.08.